The molecular weight excluding hydrogens is 366 g/mol. The molecule has 1 N–H and O–H groups in total. The number of hydrogen-bond donors (Lipinski definition) is 1. The second-order valence-electron chi connectivity index (χ2n) is 7.77. The predicted molar refractivity (Wildman–Crippen MR) is 110 cm³/mol. The molecule has 2 aliphatic rings. The second-order valence-corrected chi connectivity index (χ2v) is 7.77. The summed E-state index contributed by atoms with van der Waals surface area (Å²) in [5, 5.41) is 0. The van der Waals surface area contributed by atoms with Gasteiger partial charge in [0, 0.05) is 18.7 Å². The summed E-state index contributed by atoms with van der Waals surface area (Å²) in [7, 11) is 0. The highest BCUT2D eigenvalue weighted by Crippen LogP contribution is 2.33. The molecule has 29 heavy (non-hydrogen) atoms. The Balaban J connectivity index is 1.33. The van der Waals surface area contributed by atoms with Crippen LogP contribution in [0.2, 0.25) is 0 Å². The van der Waals surface area contributed by atoms with Crippen LogP contribution in [0.3, 0.4) is 0 Å². The van der Waals surface area contributed by atoms with E-state index in [1.54, 1.807) is 0 Å². The van der Waals surface area contributed by atoms with Crippen LogP contribution in [0.4, 0.5) is 0 Å². The molecule has 2 unspecified atom stereocenters. The van der Waals surface area contributed by atoms with Gasteiger partial charge in [0.2, 0.25) is 0 Å². The quantitative estimate of drug-likeness (QED) is 0.711. The Morgan fingerprint density at radius 2 is 2.10 bits per heavy atom. The number of para-hydroxylation sites is 2. The minimum Gasteiger partial charge on any atom is -0.491 e. The van der Waals surface area contributed by atoms with E-state index >= 15 is 0 Å². The fourth-order valence-electron chi connectivity index (χ4n) is 4.27. The average molecular weight is 391 g/mol. The van der Waals surface area contributed by atoms with Gasteiger partial charge in [0.25, 0.3) is 5.91 Å². The van der Waals surface area contributed by atoms with Crippen LogP contribution in [0.5, 0.6) is 5.75 Å². The average Bonchev–Trinajstić information content (AvgIpc) is 3.51. The molecule has 2 aromatic carbocycles. The number of carbonyl (C=O) groups is 1. The Hall–Kier alpha value is -2.86. The van der Waals surface area contributed by atoms with E-state index in [2.05, 4.69) is 4.98 Å². The summed E-state index contributed by atoms with van der Waals surface area (Å²) in [6.45, 7) is 2.08. The van der Waals surface area contributed by atoms with Crippen LogP contribution in [0.15, 0.2) is 48.5 Å². The van der Waals surface area contributed by atoms with Gasteiger partial charge in [0.1, 0.15) is 18.2 Å². The third-order valence-electron chi connectivity index (χ3n) is 5.78. The molecule has 2 aliphatic heterocycles. The Labute approximate surface area is 169 Å². The zero-order valence-corrected chi connectivity index (χ0v) is 16.3. The van der Waals surface area contributed by atoms with Crippen molar-refractivity contribution in [2.75, 3.05) is 19.8 Å². The first-order valence-corrected chi connectivity index (χ1v) is 10.4. The topological polar surface area (TPSA) is 67.5 Å². The number of benzene rings is 2. The van der Waals surface area contributed by atoms with Crippen molar-refractivity contribution in [1.82, 2.24) is 14.9 Å². The molecule has 6 nitrogen and oxygen atoms in total. The Morgan fingerprint density at radius 1 is 1.17 bits per heavy atom. The molecule has 1 aromatic heterocycles. The number of nitrogens with one attached hydrogen (secondary N) is 1. The summed E-state index contributed by atoms with van der Waals surface area (Å²) in [5.74, 6) is 1.60. The number of likely N-dealkylation sites (tertiary alicyclic amines) is 1. The molecule has 0 spiro atoms. The summed E-state index contributed by atoms with van der Waals surface area (Å²) >= 11 is 0. The number of rotatable bonds is 5. The van der Waals surface area contributed by atoms with Crippen LogP contribution in [-0.2, 0) is 4.74 Å². The Morgan fingerprint density at radius 3 is 2.97 bits per heavy atom. The van der Waals surface area contributed by atoms with Crippen molar-refractivity contribution in [3.05, 3.63) is 59.9 Å². The van der Waals surface area contributed by atoms with E-state index in [-0.39, 0.29) is 18.1 Å². The van der Waals surface area contributed by atoms with Crippen molar-refractivity contribution in [2.45, 2.75) is 37.8 Å². The maximum atomic E-state index is 13.3. The van der Waals surface area contributed by atoms with E-state index in [4.69, 9.17) is 14.5 Å². The lowest BCUT2D eigenvalue weighted by Crippen LogP contribution is -2.31. The lowest BCUT2D eigenvalue weighted by atomic mass is 10.1. The van der Waals surface area contributed by atoms with Crippen molar-refractivity contribution in [2.24, 2.45) is 0 Å². The molecule has 3 aromatic rings. The van der Waals surface area contributed by atoms with Crippen molar-refractivity contribution in [3.63, 3.8) is 0 Å². The highest BCUT2D eigenvalue weighted by molar-refractivity contribution is 5.95. The molecule has 2 atom stereocenters. The number of imidazole rings is 1. The number of carbonyl (C=O) groups excluding carboxylic acids is 1. The van der Waals surface area contributed by atoms with Crippen LogP contribution in [0.25, 0.3) is 11.0 Å². The van der Waals surface area contributed by atoms with Crippen molar-refractivity contribution in [3.8, 4) is 5.75 Å². The van der Waals surface area contributed by atoms with E-state index in [0.717, 1.165) is 55.7 Å². The number of aromatic amines is 1. The van der Waals surface area contributed by atoms with Gasteiger partial charge in [-0.2, -0.15) is 0 Å². The molecule has 0 saturated carbocycles. The highest BCUT2D eigenvalue weighted by Gasteiger charge is 2.32. The molecule has 0 aliphatic carbocycles. The van der Waals surface area contributed by atoms with Gasteiger partial charge in [-0.15, -0.1) is 0 Å². The number of fused-ring (bicyclic) bond motifs is 1. The zero-order valence-electron chi connectivity index (χ0n) is 16.3. The van der Waals surface area contributed by atoms with Crippen molar-refractivity contribution >= 4 is 16.9 Å². The number of ether oxygens (including phenoxy) is 2. The van der Waals surface area contributed by atoms with Gasteiger partial charge in [-0.05, 0) is 56.0 Å². The Kier molecular flexibility index (Phi) is 4.94. The van der Waals surface area contributed by atoms with Gasteiger partial charge < -0.3 is 19.4 Å². The van der Waals surface area contributed by atoms with Crippen molar-refractivity contribution < 1.29 is 14.3 Å². The smallest absolute Gasteiger partial charge is 0.254 e. The number of nitrogens with zero attached hydrogens (tertiary/aromatic N) is 2. The normalized spacial score (nSPS) is 21.7. The van der Waals surface area contributed by atoms with Gasteiger partial charge in [0.05, 0.1) is 23.2 Å². The van der Waals surface area contributed by atoms with E-state index in [0.29, 0.717) is 17.9 Å². The summed E-state index contributed by atoms with van der Waals surface area (Å²) in [5.41, 5.74) is 2.59. The van der Waals surface area contributed by atoms with Crippen LogP contribution >= 0.6 is 0 Å². The standard InChI is InChI=1S/C23H25N3O3/c27-23(16-6-3-7-17(14-16)29-15-18-8-5-13-28-18)26-12-4-11-21(26)22-24-19-9-1-2-10-20(19)25-22/h1-3,6-7,9-10,14,18,21H,4-5,8,11-13,15H2,(H,24,25). The minimum absolute atomic E-state index is 0.0219. The maximum absolute atomic E-state index is 13.3. The Bertz CT molecular complexity index is 976. The second kappa shape index (κ2) is 7.87. The first-order chi connectivity index (χ1) is 14.3. The van der Waals surface area contributed by atoms with Gasteiger partial charge in [-0.3, -0.25) is 4.79 Å². The predicted octanol–water partition coefficient (Wildman–Crippen LogP) is 4.10. The number of aromatic nitrogens is 2. The fourth-order valence-corrected chi connectivity index (χ4v) is 4.27. The first-order valence-electron chi connectivity index (χ1n) is 10.4. The number of amides is 1. The molecule has 5 rings (SSSR count). The van der Waals surface area contributed by atoms with E-state index in [9.17, 15) is 4.79 Å². The van der Waals surface area contributed by atoms with E-state index in [1.807, 2.05) is 53.4 Å². The first kappa shape index (κ1) is 18.2. The summed E-state index contributed by atoms with van der Waals surface area (Å²) in [4.78, 5) is 23.3. The molecule has 1 amide bonds. The van der Waals surface area contributed by atoms with Crippen LogP contribution in [-0.4, -0.2) is 46.6 Å². The third kappa shape index (κ3) is 3.72. The van der Waals surface area contributed by atoms with Crippen LogP contribution in [0, 0.1) is 0 Å². The van der Waals surface area contributed by atoms with E-state index in [1.165, 1.54) is 0 Å². The molecule has 6 heteroatoms. The molecule has 2 fully saturated rings. The lowest BCUT2D eigenvalue weighted by Gasteiger charge is -2.23. The summed E-state index contributed by atoms with van der Waals surface area (Å²) < 4.78 is 11.5. The maximum Gasteiger partial charge on any atom is 0.254 e. The molecule has 3 heterocycles. The number of hydrogen-bond acceptors (Lipinski definition) is 4. The molecule has 0 radical (unpaired) electrons. The fraction of sp³-hybridized carbons (Fsp3) is 0.391. The van der Waals surface area contributed by atoms with Crippen LogP contribution in [0.1, 0.15) is 47.9 Å². The minimum atomic E-state index is -0.0219. The lowest BCUT2D eigenvalue weighted by molar-refractivity contribution is 0.0676. The monoisotopic (exact) mass is 391 g/mol. The highest BCUT2D eigenvalue weighted by atomic mass is 16.5. The third-order valence-corrected chi connectivity index (χ3v) is 5.78. The van der Waals surface area contributed by atoms with Gasteiger partial charge in [-0.25, -0.2) is 4.98 Å². The molecule has 2 saturated heterocycles. The zero-order chi connectivity index (χ0) is 19.6. The largest absolute Gasteiger partial charge is 0.491 e. The molecular formula is C23H25N3O3. The van der Waals surface area contributed by atoms with Crippen molar-refractivity contribution in [1.29, 1.82) is 0 Å². The molecule has 150 valence electrons. The SMILES string of the molecule is O=C(c1cccc(OCC2CCCO2)c1)N1CCCC1c1nc2ccccc2[nH]1. The van der Waals surface area contributed by atoms with Crippen LogP contribution < -0.4 is 4.74 Å². The summed E-state index contributed by atoms with van der Waals surface area (Å²) in [6.07, 6.45) is 4.17. The van der Waals surface area contributed by atoms with Gasteiger partial charge in [-0.1, -0.05) is 18.2 Å². The summed E-state index contributed by atoms with van der Waals surface area (Å²) in [6, 6.07) is 15.4. The number of H-pyrrole nitrogens is 1. The van der Waals surface area contributed by atoms with Gasteiger partial charge in [0.15, 0.2) is 0 Å². The van der Waals surface area contributed by atoms with Gasteiger partial charge >= 0.3 is 0 Å². The van der Waals surface area contributed by atoms with E-state index < -0.39 is 0 Å². The molecule has 0 bridgehead atoms.